The molecular weight excluding hydrogens is 450 g/mol. The molecule has 0 unspecified atom stereocenters. The number of hydrogen-bond acceptors (Lipinski definition) is 7. The van der Waals surface area contributed by atoms with Gasteiger partial charge in [0.05, 0.1) is 0 Å². The first-order valence-corrected chi connectivity index (χ1v) is 12.6. The zero-order chi connectivity index (χ0) is 24.7. The van der Waals surface area contributed by atoms with Gasteiger partial charge in [-0.05, 0) is 68.2 Å². The average Bonchev–Trinajstić information content (AvgIpc) is 2.91. The molecule has 0 aliphatic carbocycles. The molecule has 186 valence electrons. The predicted molar refractivity (Wildman–Crippen MR) is 145 cm³/mol. The number of amidine groups is 1. The van der Waals surface area contributed by atoms with Gasteiger partial charge in [0, 0.05) is 60.4 Å². The zero-order valence-electron chi connectivity index (χ0n) is 20.4. The quantitative estimate of drug-likeness (QED) is 0.408. The van der Waals surface area contributed by atoms with Crippen molar-refractivity contribution in [1.29, 1.82) is 0 Å². The summed E-state index contributed by atoms with van der Waals surface area (Å²) < 4.78 is 0. The molecule has 0 spiro atoms. The monoisotopic (exact) mass is 483 g/mol. The molecule has 2 aliphatic heterocycles. The Morgan fingerprint density at radius 2 is 1.89 bits per heavy atom. The van der Waals surface area contributed by atoms with Crippen molar-refractivity contribution in [2.75, 3.05) is 36.8 Å². The Morgan fingerprint density at radius 1 is 1.06 bits per heavy atom. The van der Waals surface area contributed by atoms with Crippen molar-refractivity contribution in [2.45, 2.75) is 31.8 Å². The van der Waals surface area contributed by atoms with Crippen LogP contribution in [-0.4, -0.2) is 53.8 Å². The van der Waals surface area contributed by atoms with Crippen LogP contribution >= 0.6 is 0 Å². The molecule has 1 amide bonds. The maximum atomic E-state index is 12.8. The molecule has 1 saturated heterocycles. The highest BCUT2D eigenvalue weighted by Gasteiger charge is 2.16. The number of carbonyl (C=O) groups is 1. The largest absolute Gasteiger partial charge is 0.370 e. The lowest BCUT2D eigenvalue weighted by atomic mass is 10.0. The number of amides is 1. The summed E-state index contributed by atoms with van der Waals surface area (Å²) in [5.41, 5.74) is 10.5. The summed E-state index contributed by atoms with van der Waals surface area (Å²) in [5.74, 6) is 1.43. The average molecular weight is 484 g/mol. The van der Waals surface area contributed by atoms with Crippen LogP contribution in [0, 0.1) is 0 Å². The highest BCUT2D eigenvalue weighted by Crippen LogP contribution is 2.20. The Kier molecular flexibility index (Phi) is 7.54. The fourth-order valence-corrected chi connectivity index (χ4v) is 4.53. The van der Waals surface area contributed by atoms with E-state index < -0.39 is 0 Å². The van der Waals surface area contributed by atoms with Crippen molar-refractivity contribution >= 4 is 28.9 Å². The van der Waals surface area contributed by atoms with Crippen LogP contribution in [0.2, 0.25) is 0 Å². The summed E-state index contributed by atoms with van der Waals surface area (Å²) in [7, 11) is 0. The van der Waals surface area contributed by atoms with Crippen LogP contribution in [0.5, 0.6) is 0 Å². The number of aliphatic imine (C=N–C) groups is 1. The molecule has 0 bridgehead atoms. The number of pyridine rings is 1. The normalized spacial score (nSPS) is 16.6. The van der Waals surface area contributed by atoms with Gasteiger partial charge >= 0.3 is 0 Å². The van der Waals surface area contributed by atoms with E-state index in [2.05, 4.69) is 30.8 Å². The van der Waals surface area contributed by atoms with Crippen molar-refractivity contribution in [1.82, 2.24) is 15.2 Å². The van der Waals surface area contributed by atoms with Crippen LogP contribution in [0.15, 0.2) is 71.9 Å². The number of anilines is 3. The van der Waals surface area contributed by atoms with E-state index in [0.717, 1.165) is 69.1 Å². The van der Waals surface area contributed by atoms with Gasteiger partial charge in [-0.25, -0.2) is 4.98 Å². The summed E-state index contributed by atoms with van der Waals surface area (Å²) >= 11 is 0. The molecule has 2 aliphatic rings. The summed E-state index contributed by atoms with van der Waals surface area (Å²) in [6, 6.07) is 19.8. The first-order chi connectivity index (χ1) is 17.6. The summed E-state index contributed by atoms with van der Waals surface area (Å²) in [6.45, 7) is 4.73. The molecule has 5 N–H and O–H groups in total. The first-order valence-electron chi connectivity index (χ1n) is 12.6. The van der Waals surface area contributed by atoms with E-state index in [4.69, 9.17) is 5.73 Å². The number of nitrogens with one attached hydrogen (secondary N) is 3. The highest BCUT2D eigenvalue weighted by molar-refractivity contribution is 6.04. The van der Waals surface area contributed by atoms with Gasteiger partial charge in [0.2, 0.25) is 0 Å². The Labute approximate surface area is 212 Å². The Bertz CT molecular complexity index is 1220. The molecule has 1 fully saturated rings. The van der Waals surface area contributed by atoms with Gasteiger partial charge in [0.15, 0.2) is 0 Å². The molecule has 1 aromatic heterocycles. The lowest BCUT2D eigenvalue weighted by Gasteiger charge is -2.30. The number of likely N-dealkylation sites (tertiary alicyclic amines) is 1. The van der Waals surface area contributed by atoms with Crippen LogP contribution < -0.4 is 21.7 Å². The molecule has 0 radical (unpaired) electrons. The van der Waals surface area contributed by atoms with Crippen LogP contribution in [-0.2, 0) is 6.54 Å². The number of hydrogen-bond donors (Lipinski definition) is 4. The Balaban J connectivity index is 1.19. The molecule has 0 atom stereocenters. The number of piperidine rings is 1. The SMILES string of the molecule is NC1CCN(Cc2ccc(C(=O)Nc3ccnc(Nc4cccc(C5=NCCCN5)c4)c3)cc2)CC1. The second-order valence-corrected chi connectivity index (χ2v) is 9.41. The van der Waals surface area contributed by atoms with Gasteiger partial charge in [-0.1, -0.05) is 24.3 Å². The number of nitrogens with two attached hydrogens (primary N) is 1. The van der Waals surface area contributed by atoms with E-state index in [1.54, 1.807) is 12.3 Å². The van der Waals surface area contributed by atoms with Crippen molar-refractivity contribution in [3.8, 4) is 0 Å². The standard InChI is InChI=1S/C28H33N7O/c29-23-10-15-35(16-11-23)19-20-5-7-21(8-6-20)28(36)34-25-9-14-30-26(18-25)33-24-4-1-3-22(17-24)27-31-12-2-13-32-27/h1,3-9,14,17-18,23H,2,10-13,15-16,19,29H2,(H,31,32)(H2,30,33,34,36). The molecule has 36 heavy (non-hydrogen) atoms. The van der Waals surface area contributed by atoms with E-state index in [1.807, 2.05) is 54.6 Å². The van der Waals surface area contributed by atoms with Gasteiger partial charge in [-0.3, -0.25) is 14.7 Å². The highest BCUT2D eigenvalue weighted by atomic mass is 16.1. The van der Waals surface area contributed by atoms with Crippen LogP contribution in [0.3, 0.4) is 0 Å². The van der Waals surface area contributed by atoms with E-state index in [1.165, 1.54) is 5.56 Å². The van der Waals surface area contributed by atoms with Gasteiger partial charge in [0.25, 0.3) is 5.91 Å². The van der Waals surface area contributed by atoms with E-state index in [0.29, 0.717) is 23.1 Å². The third-order valence-corrected chi connectivity index (χ3v) is 6.58. The van der Waals surface area contributed by atoms with Gasteiger partial charge < -0.3 is 21.7 Å². The minimum atomic E-state index is -0.147. The van der Waals surface area contributed by atoms with Crippen molar-refractivity contribution in [3.63, 3.8) is 0 Å². The third kappa shape index (κ3) is 6.27. The smallest absolute Gasteiger partial charge is 0.255 e. The molecule has 3 heterocycles. The molecule has 2 aromatic carbocycles. The molecule has 3 aromatic rings. The van der Waals surface area contributed by atoms with Crippen molar-refractivity contribution in [3.05, 3.63) is 83.6 Å². The first kappa shape index (κ1) is 24.0. The fourth-order valence-electron chi connectivity index (χ4n) is 4.53. The Morgan fingerprint density at radius 3 is 2.67 bits per heavy atom. The molecule has 8 nitrogen and oxygen atoms in total. The second-order valence-electron chi connectivity index (χ2n) is 9.41. The fraction of sp³-hybridized carbons (Fsp3) is 0.321. The van der Waals surface area contributed by atoms with Crippen LogP contribution in [0.1, 0.15) is 40.7 Å². The van der Waals surface area contributed by atoms with Crippen LogP contribution in [0.4, 0.5) is 17.2 Å². The lowest BCUT2D eigenvalue weighted by molar-refractivity contribution is 0.102. The van der Waals surface area contributed by atoms with Gasteiger partial charge in [-0.2, -0.15) is 0 Å². The van der Waals surface area contributed by atoms with E-state index in [-0.39, 0.29) is 5.91 Å². The third-order valence-electron chi connectivity index (χ3n) is 6.58. The number of rotatable bonds is 7. The predicted octanol–water partition coefficient (Wildman–Crippen LogP) is 3.74. The van der Waals surface area contributed by atoms with Crippen LogP contribution in [0.25, 0.3) is 0 Å². The number of nitrogens with zero attached hydrogens (tertiary/aromatic N) is 3. The summed E-state index contributed by atoms with van der Waals surface area (Å²) in [4.78, 5) is 24.2. The lowest BCUT2D eigenvalue weighted by Crippen LogP contribution is -2.39. The van der Waals surface area contributed by atoms with Gasteiger partial charge in [0.1, 0.15) is 11.7 Å². The number of benzene rings is 2. The maximum Gasteiger partial charge on any atom is 0.255 e. The van der Waals surface area contributed by atoms with Crippen molar-refractivity contribution < 1.29 is 4.79 Å². The van der Waals surface area contributed by atoms with E-state index >= 15 is 0 Å². The van der Waals surface area contributed by atoms with Crippen molar-refractivity contribution in [2.24, 2.45) is 10.7 Å². The number of carbonyl (C=O) groups excluding carboxylic acids is 1. The topological polar surface area (TPSA) is 108 Å². The second kappa shape index (κ2) is 11.3. The molecular formula is C28H33N7O. The summed E-state index contributed by atoms with van der Waals surface area (Å²) in [6.07, 6.45) is 4.83. The molecule has 5 rings (SSSR count). The Hall–Kier alpha value is -3.75. The minimum Gasteiger partial charge on any atom is -0.370 e. The molecule has 0 saturated carbocycles. The zero-order valence-corrected chi connectivity index (χ0v) is 20.4. The van der Waals surface area contributed by atoms with Gasteiger partial charge in [-0.15, -0.1) is 0 Å². The van der Waals surface area contributed by atoms with E-state index in [9.17, 15) is 4.79 Å². The summed E-state index contributed by atoms with van der Waals surface area (Å²) in [5, 5.41) is 9.66. The minimum absolute atomic E-state index is 0.147. The molecule has 8 heteroatoms. The number of aromatic nitrogens is 1. The maximum absolute atomic E-state index is 12.8.